The molecule has 2 amide bonds. The number of likely N-dealkylation sites (N-methyl/N-ethyl adjacent to an activating group) is 2. The van der Waals surface area contributed by atoms with Gasteiger partial charge in [0, 0.05) is 19.2 Å². The maximum atomic E-state index is 11.8. The van der Waals surface area contributed by atoms with E-state index in [1.54, 1.807) is 13.8 Å². The molecule has 134 valence electrons. The third-order valence-electron chi connectivity index (χ3n) is 3.03. The molecule has 1 rings (SSSR count). The van der Waals surface area contributed by atoms with Gasteiger partial charge in [0.05, 0.1) is 10.0 Å². The largest absolute Gasteiger partial charge is 0.479 e. The molecule has 0 spiro atoms. The lowest BCUT2D eigenvalue weighted by atomic mass is 10.3. The van der Waals surface area contributed by atoms with E-state index in [1.165, 1.54) is 12.1 Å². The monoisotopic (exact) mass is 376 g/mol. The Labute approximate surface area is 151 Å². The molecule has 1 aromatic carbocycles. The Kier molecular flexibility index (Phi) is 8.15. The smallest absolute Gasteiger partial charge is 0.260 e. The van der Waals surface area contributed by atoms with Crippen molar-refractivity contribution in [2.75, 3.05) is 13.1 Å². The molecule has 0 aromatic heterocycles. The van der Waals surface area contributed by atoms with Gasteiger partial charge < -0.3 is 20.1 Å². The average Bonchev–Trinajstić information content (AvgIpc) is 2.52. The van der Waals surface area contributed by atoms with Crippen molar-refractivity contribution in [2.24, 2.45) is 0 Å². The molecule has 24 heavy (non-hydrogen) atoms. The van der Waals surface area contributed by atoms with Gasteiger partial charge in [-0.1, -0.05) is 23.2 Å². The lowest BCUT2D eigenvalue weighted by molar-refractivity contribution is -0.127. The van der Waals surface area contributed by atoms with Crippen LogP contribution in [0.4, 0.5) is 0 Å². The van der Waals surface area contributed by atoms with E-state index in [2.05, 4.69) is 10.6 Å². The molecule has 0 unspecified atom stereocenters. The predicted molar refractivity (Wildman–Crippen MR) is 94.0 cm³/mol. The maximum absolute atomic E-state index is 11.8. The third kappa shape index (κ3) is 5.76. The summed E-state index contributed by atoms with van der Waals surface area (Å²) in [5.41, 5.74) is 0. The first-order valence-corrected chi connectivity index (χ1v) is 8.43. The van der Waals surface area contributed by atoms with E-state index in [1.807, 2.05) is 13.8 Å². The summed E-state index contributed by atoms with van der Waals surface area (Å²) in [5.74, 6) is -0.0285. The van der Waals surface area contributed by atoms with Crippen LogP contribution in [0.5, 0.6) is 11.5 Å². The molecule has 2 atom stereocenters. The molecule has 1 aromatic rings. The summed E-state index contributed by atoms with van der Waals surface area (Å²) in [6.07, 6.45) is -1.48. The Morgan fingerprint density at radius 2 is 1.29 bits per heavy atom. The number of ether oxygens (including phenoxy) is 2. The number of nitrogens with one attached hydrogen (secondary N) is 2. The van der Waals surface area contributed by atoms with Gasteiger partial charge >= 0.3 is 0 Å². The zero-order valence-electron chi connectivity index (χ0n) is 14.1. The van der Waals surface area contributed by atoms with Gasteiger partial charge in [0.25, 0.3) is 11.8 Å². The second kappa shape index (κ2) is 9.59. The topological polar surface area (TPSA) is 76.7 Å². The van der Waals surface area contributed by atoms with Crippen LogP contribution in [0.25, 0.3) is 0 Å². The van der Waals surface area contributed by atoms with Gasteiger partial charge in [-0.2, -0.15) is 0 Å². The number of amides is 2. The average molecular weight is 377 g/mol. The van der Waals surface area contributed by atoms with Crippen LogP contribution in [-0.2, 0) is 9.59 Å². The molecule has 0 heterocycles. The van der Waals surface area contributed by atoms with Crippen LogP contribution in [0.2, 0.25) is 10.0 Å². The van der Waals surface area contributed by atoms with E-state index in [9.17, 15) is 9.59 Å². The minimum absolute atomic E-state index is 0.245. The number of carbonyl (C=O) groups excluding carboxylic acids is 2. The summed E-state index contributed by atoms with van der Waals surface area (Å²) >= 11 is 12.2. The Morgan fingerprint density at radius 3 is 1.62 bits per heavy atom. The summed E-state index contributed by atoms with van der Waals surface area (Å²) in [6, 6.07) is 2.92. The molecular formula is C16H22Cl2N2O4. The van der Waals surface area contributed by atoms with Gasteiger partial charge in [-0.3, -0.25) is 9.59 Å². The number of benzene rings is 1. The zero-order chi connectivity index (χ0) is 18.3. The second-order valence-corrected chi connectivity index (χ2v) is 5.84. The number of hydrogen-bond acceptors (Lipinski definition) is 4. The Bertz CT molecular complexity index is 548. The van der Waals surface area contributed by atoms with Gasteiger partial charge in [-0.25, -0.2) is 0 Å². The number of rotatable bonds is 8. The first-order valence-electron chi connectivity index (χ1n) is 7.67. The van der Waals surface area contributed by atoms with E-state index in [0.29, 0.717) is 13.1 Å². The highest BCUT2D eigenvalue weighted by Crippen LogP contribution is 2.36. The van der Waals surface area contributed by atoms with E-state index in [4.69, 9.17) is 32.7 Å². The molecule has 2 N–H and O–H groups in total. The summed E-state index contributed by atoms with van der Waals surface area (Å²) in [6.45, 7) is 7.84. The normalized spacial score (nSPS) is 12.9. The van der Waals surface area contributed by atoms with Gasteiger partial charge in [-0.15, -0.1) is 0 Å². The van der Waals surface area contributed by atoms with Crippen molar-refractivity contribution in [3.63, 3.8) is 0 Å². The molecule has 0 radical (unpaired) electrons. The highest BCUT2D eigenvalue weighted by Gasteiger charge is 2.20. The molecule has 0 fully saturated rings. The van der Waals surface area contributed by atoms with E-state index >= 15 is 0 Å². The molecule has 0 saturated heterocycles. The van der Waals surface area contributed by atoms with Crippen molar-refractivity contribution in [1.29, 1.82) is 0 Å². The molecule has 0 aliphatic rings. The summed E-state index contributed by atoms with van der Waals surface area (Å²) in [4.78, 5) is 23.5. The predicted octanol–water partition coefficient (Wildman–Crippen LogP) is 2.80. The van der Waals surface area contributed by atoms with Gasteiger partial charge in [0.2, 0.25) is 0 Å². The first kappa shape index (κ1) is 20.4. The molecule has 8 heteroatoms. The lowest BCUT2D eigenvalue weighted by Crippen LogP contribution is -2.36. The molecule has 0 saturated carbocycles. The van der Waals surface area contributed by atoms with Crippen molar-refractivity contribution in [1.82, 2.24) is 10.6 Å². The lowest BCUT2D eigenvalue weighted by Gasteiger charge is -2.19. The van der Waals surface area contributed by atoms with Crippen LogP contribution in [-0.4, -0.2) is 37.1 Å². The molecule has 0 aliphatic heterocycles. The van der Waals surface area contributed by atoms with Crippen molar-refractivity contribution in [3.05, 3.63) is 22.2 Å². The summed E-state index contributed by atoms with van der Waals surface area (Å²) < 4.78 is 11.1. The van der Waals surface area contributed by atoms with E-state index < -0.39 is 12.2 Å². The van der Waals surface area contributed by atoms with Crippen molar-refractivity contribution in [2.45, 2.75) is 39.9 Å². The van der Waals surface area contributed by atoms with Crippen molar-refractivity contribution in [3.8, 4) is 11.5 Å². The van der Waals surface area contributed by atoms with Crippen LogP contribution in [0.15, 0.2) is 12.1 Å². The fourth-order valence-corrected chi connectivity index (χ4v) is 2.29. The Morgan fingerprint density at radius 1 is 0.917 bits per heavy atom. The minimum atomic E-state index is -0.739. The Balaban J connectivity index is 2.92. The third-order valence-corrected chi connectivity index (χ3v) is 3.63. The number of hydrogen-bond donors (Lipinski definition) is 2. The quantitative estimate of drug-likeness (QED) is 0.731. The van der Waals surface area contributed by atoms with Gasteiger partial charge in [0.1, 0.15) is 11.5 Å². The first-order chi connectivity index (χ1) is 11.3. The zero-order valence-corrected chi connectivity index (χ0v) is 15.6. The highest BCUT2D eigenvalue weighted by atomic mass is 35.5. The van der Waals surface area contributed by atoms with Gasteiger partial charge in [0.15, 0.2) is 12.2 Å². The van der Waals surface area contributed by atoms with E-state index in [0.717, 1.165) is 0 Å². The van der Waals surface area contributed by atoms with Gasteiger partial charge in [-0.05, 0) is 33.8 Å². The molecule has 0 bridgehead atoms. The summed E-state index contributed by atoms with van der Waals surface area (Å²) in [5, 5.41) is 5.80. The highest BCUT2D eigenvalue weighted by molar-refractivity contribution is 6.36. The second-order valence-electron chi connectivity index (χ2n) is 5.02. The fraction of sp³-hybridized carbons (Fsp3) is 0.500. The number of halogens is 2. The maximum Gasteiger partial charge on any atom is 0.260 e. The summed E-state index contributed by atoms with van der Waals surface area (Å²) in [7, 11) is 0. The van der Waals surface area contributed by atoms with E-state index in [-0.39, 0.29) is 33.4 Å². The van der Waals surface area contributed by atoms with Crippen molar-refractivity contribution >= 4 is 35.0 Å². The SMILES string of the molecule is CCNC(=O)[C@H](C)Oc1cc(O[C@H](C)C(=O)NCC)c(Cl)cc1Cl. The molecule has 6 nitrogen and oxygen atoms in total. The Hall–Kier alpha value is -1.66. The fourth-order valence-electron chi connectivity index (χ4n) is 1.81. The molecule has 0 aliphatic carbocycles. The van der Waals surface area contributed by atoms with Crippen LogP contribution in [0.3, 0.4) is 0 Å². The minimum Gasteiger partial charge on any atom is -0.479 e. The standard InChI is InChI=1S/C16H22Cl2N2O4/c1-5-19-15(21)9(3)23-13-8-14(12(18)7-11(13)17)24-10(4)16(22)20-6-2/h7-10H,5-6H2,1-4H3,(H,19,21)(H,20,22)/t9-,10+. The number of carbonyl (C=O) groups is 2. The van der Waals surface area contributed by atoms with Crippen LogP contribution in [0.1, 0.15) is 27.7 Å². The van der Waals surface area contributed by atoms with Crippen molar-refractivity contribution < 1.29 is 19.1 Å². The van der Waals surface area contributed by atoms with Crippen LogP contribution in [0, 0.1) is 0 Å². The molecular weight excluding hydrogens is 355 g/mol. The van der Waals surface area contributed by atoms with Crippen LogP contribution < -0.4 is 20.1 Å². The van der Waals surface area contributed by atoms with Crippen LogP contribution >= 0.6 is 23.2 Å².